The fraction of sp³-hybridized carbons (Fsp3) is 1.00. The number of hydrazine groups is 1. The van der Waals surface area contributed by atoms with Crippen LogP contribution in [-0.2, 0) is 14.4 Å². The molecule has 0 atom stereocenters. The molecule has 5 nitrogen and oxygen atoms in total. The molecule has 0 aliphatic carbocycles. The summed E-state index contributed by atoms with van der Waals surface area (Å²) in [5, 5.41) is 0. The van der Waals surface area contributed by atoms with E-state index in [4.69, 9.17) is 0 Å². The summed E-state index contributed by atoms with van der Waals surface area (Å²) in [7, 11) is -3.42. The van der Waals surface area contributed by atoms with Crippen molar-refractivity contribution >= 4 is 10.1 Å². The van der Waals surface area contributed by atoms with E-state index in [0.29, 0.717) is 0 Å². The van der Waals surface area contributed by atoms with Gasteiger partial charge in [-0.1, -0.05) is 0 Å². The third-order valence-corrected chi connectivity index (χ3v) is 1.01. The molecule has 6 heteroatoms. The van der Waals surface area contributed by atoms with E-state index >= 15 is 0 Å². The minimum atomic E-state index is -3.42. The zero-order valence-corrected chi connectivity index (χ0v) is 7.95. The van der Waals surface area contributed by atoms with Crippen LogP contribution in [-0.4, -0.2) is 20.2 Å². The van der Waals surface area contributed by atoms with Crippen LogP contribution in [0.1, 0.15) is 20.8 Å². The molecule has 0 aromatic rings. The maximum absolute atomic E-state index is 10.4. The molecule has 0 heterocycles. The van der Waals surface area contributed by atoms with E-state index in [9.17, 15) is 8.42 Å². The van der Waals surface area contributed by atoms with Crippen LogP contribution in [0.2, 0.25) is 0 Å². The third kappa shape index (κ3) is 9.83. The van der Waals surface area contributed by atoms with Gasteiger partial charge in [-0.25, -0.2) is 5.43 Å². The summed E-state index contributed by atoms with van der Waals surface area (Å²) in [4.78, 5) is 0. The average Bonchev–Trinajstić information content (AvgIpc) is 1.55. The fourth-order valence-corrected chi connectivity index (χ4v) is 0.443. The zero-order valence-electron chi connectivity index (χ0n) is 7.13. The Morgan fingerprint density at radius 3 is 2.00 bits per heavy atom. The van der Waals surface area contributed by atoms with Gasteiger partial charge in [-0.05, 0) is 20.8 Å². The van der Waals surface area contributed by atoms with Crippen LogP contribution in [0.3, 0.4) is 0 Å². The van der Waals surface area contributed by atoms with Crippen LogP contribution in [0.15, 0.2) is 0 Å². The first-order valence-electron chi connectivity index (χ1n) is 3.11. The first-order valence-corrected chi connectivity index (χ1v) is 4.93. The molecule has 0 fully saturated rings. The van der Waals surface area contributed by atoms with Crippen LogP contribution in [0, 0.1) is 0 Å². The van der Waals surface area contributed by atoms with Crippen molar-refractivity contribution in [2.24, 2.45) is 0 Å². The molecule has 0 radical (unpaired) electrons. The topological polar surface area (TPSA) is 67.4 Å². The lowest BCUT2D eigenvalue weighted by atomic mass is 10.1. The van der Waals surface area contributed by atoms with Gasteiger partial charge in [0.15, 0.2) is 0 Å². The number of nitrogens with one attached hydrogen (secondary N) is 2. The van der Waals surface area contributed by atoms with Crippen molar-refractivity contribution in [1.29, 1.82) is 0 Å². The Morgan fingerprint density at radius 1 is 1.27 bits per heavy atom. The lowest BCUT2D eigenvalue weighted by Crippen LogP contribution is -2.46. The molecule has 0 bridgehead atoms. The Bertz CT molecular complexity index is 204. The quantitative estimate of drug-likeness (QED) is 0.590. The van der Waals surface area contributed by atoms with Gasteiger partial charge in [-0.15, -0.1) is 5.59 Å². The Kier molecular flexibility index (Phi) is 3.43. The first-order chi connectivity index (χ1) is 4.71. The SMILES string of the molecule is CC(C)(C)NNOS(C)(=O)=O. The molecule has 68 valence electrons. The van der Waals surface area contributed by atoms with Gasteiger partial charge in [0.25, 0.3) is 10.1 Å². The number of hydrogen-bond donors (Lipinski definition) is 2. The van der Waals surface area contributed by atoms with E-state index in [1.54, 1.807) is 0 Å². The number of hydrogen-bond acceptors (Lipinski definition) is 5. The summed E-state index contributed by atoms with van der Waals surface area (Å²) in [5.41, 5.74) is 4.52. The monoisotopic (exact) mass is 182 g/mol. The maximum Gasteiger partial charge on any atom is 0.281 e. The van der Waals surface area contributed by atoms with Gasteiger partial charge in [-0.3, -0.25) is 0 Å². The van der Waals surface area contributed by atoms with Crippen molar-refractivity contribution in [3.05, 3.63) is 0 Å². The van der Waals surface area contributed by atoms with Crippen LogP contribution >= 0.6 is 0 Å². The highest BCUT2D eigenvalue weighted by Gasteiger charge is 2.09. The van der Waals surface area contributed by atoms with Crippen molar-refractivity contribution in [3.8, 4) is 0 Å². The minimum absolute atomic E-state index is 0.231. The first kappa shape index (κ1) is 10.8. The average molecular weight is 182 g/mol. The molecule has 0 aromatic heterocycles. The standard InChI is InChI=1S/C5H14N2O3S/c1-5(2,3)6-7-10-11(4,8)9/h6-7H,1-4H3. The highest BCUT2D eigenvalue weighted by molar-refractivity contribution is 7.85. The van der Waals surface area contributed by atoms with Crippen LogP contribution in [0.25, 0.3) is 0 Å². The van der Waals surface area contributed by atoms with Crippen LogP contribution < -0.4 is 11.0 Å². The predicted octanol–water partition coefficient (Wildman–Crippen LogP) is -0.230. The normalized spacial score (nSPS) is 13.5. The largest absolute Gasteiger partial charge is 0.281 e. The smallest absolute Gasteiger partial charge is 0.228 e. The Labute approximate surface area is 67.2 Å². The summed E-state index contributed by atoms with van der Waals surface area (Å²) >= 11 is 0. The second kappa shape index (κ2) is 3.48. The van der Waals surface area contributed by atoms with E-state index in [0.717, 1.165) is 6.26 Å². The second-order valence-electron chi connectivity index (χ2n) is 3.26. The highest BCUT2D eigenvalue weighted by Crippen LogP contribution is 1.95. The molecule has 0 saturated heterocycles. The van der Waals surface area contributed by atoms with Crippen molar-refractivity contribution in [3.63, 3.8) is 0 Å². The lowest BCUT2D eigenvalue weighted by molar-refractivity contribution is 0.123. The van der Waals surface area contributed by atoms with Crippen molar-refractivity contribution < 1.29 is 12.7 Å². The van der Waals surface area contributed by atoms with Crippen molar-refractivity contribution in [2.75, 3.05) is 6.26 Å². The van der Waals surface area contributed by atoms with Crippen LogP contribution in [0.5, 0.6) is 0 Å². The van der Waals surface area contributed by atoms with E-state index in [2.05, 4.69) is 15.3 Å². The molecular formula is C5H14N2O3S. The van der Waals surface area contributed by atoms with E-state index in [1.165, 1.54) is 0 Å². The molecule has 11 heavy (non-hydrogen) atoms. The van der Waals surface area contributed by atoms with Crippen LogP contribution in [0.4, 0.5) is 0 Å². The molecule has 0 aliphatic rings. The molecule has 0 aliphatic heterocycles. The molecule has 0 spiro atoms. The summed E-state index contributed by atoms with van der Waals surface area (Å²) in [5.74, 6) is 0. The molecule has 0 unspecified atom stereocenters. The van der Waals surface area contributed by atoms with Gasteiger partial charge in [0.05, 0.1) is 6.26 Å². The Hall–Kier alpha value is -0.170. The van der Waals surface area contributed by atoms with Crippen molar-refractivity contribution in [1.82, 2.24) is 11.0 Å². The molecule has 2 N–H and O–H groups in total. The predicted molar refractivity (Wildman–Crippen MR) is 42.0 cm³/mol. The Morgan fingerprint density at radius 2 is 1.73 bits per heavy atom. The van der Waals surface area contributed by atoms with Gasteiger partial charge in [0.1, 0.15) is 0 Å². The molecule has 0 amide bonds. The fourth-order valence-electron chi connectivity index (χ4n) is 0.250. The summed E-state index contributed by atoms with van der Waals surface area (Å²) in [6.07, 6.45) is 0.963. The summed E-state index contributed by atoms with van der Waals surface area (Å²) < 4.78 is 25.0. The van der Waals surface area contributed by atoms with E-state index in [-0.39, 0.29) is 5.54 Å². The maximum atomic E-state index is 10.4. The van der Waals surface area contributed by atoms with Gasteiger partial charge in [0, 0.05) is 5.54 Å². The summed E-state index contributed by atoms with van der Waals surface area (Å²) in [6, 6.07) is 0. The highest BCUT2D eigenvalue weighted by atomic mass is 32.2. The molecular weight excluding hydrogens is 168 g/mol. The number of rotatable bonds is 3. The Balaban J connectivity index is 3.61. The van der Waals surface area contributed by atoms with E-state index < -0.39 is 10.1 Å². The van der Waals surface area contributed by atoms with Gasteiger partial charge in [0.2, 0.25) is 0 Å². The summed E-state index contributed by atoms with van der Waals surface area (Å²) in [6.45, 7) is 5.60. The van der Waals surface area contributed by atoms with Gasteiger partial charge in [-0.2, -0.15) is 12.7 Å². The molecule has 0 rings (SSSR count). The zero-order chi connectivity index (χ0) is 9.12. The third-order valence-electron chi connectivity index (χ3n) is 0.619. The molecule has 0 aromatic carbocycles. The lowest BCUT2D eigenvalue weighted by Gasteiger charge is -2.19. The molecule has 0 saturated carbocycles. The van der Waals surface area contributed by atoms with Gasteiger partial charge < -0.3 is 0 Å². The second-order valence-corrected chi connectivity index (χ2v) is 4.84. The van der Waals surface area contributed by atoms with E-state index in [1.807, 2.05) is 20.8 Å². The van der Waals surface area contributed by atoms with Crippen molar-refractivity contribution in [2.45, 2.75) is 26.3 Å². The van der Waals surface area contributed by atoms with Gasteiger partial charge >= 0.3 is 0 Å². The minimum Gasteiger partial charge on any atom is -0.228 e.